The number of likely N-dealkylation sites (N-methyl/N-ethyl adjacent to an activating group) is 1. The molecule has 1 amide bonds. The van der Waals surface area contributed by atoms with Crippen LogP contribution in [0.4, 0.5) is 14.5 Å². The van der Waals surface area contributed by atoms with E-state index in [1.807, 2.05) is 0 Å². The molecule has 2 aromatic rings. The van der Waals surface area contributed by atoms with E-state index in [2.05, 4.69) is 10.6 Å². The van der Waals surface area contributed by atoms with Gasteiger partial charge in [-0.2, -0.15) is 0 Å². The Kier molecular flexibility index (Phi) is 5.62. The van der Waals surface area contributed by atoms with Gasteiger partial charge in [0.1, 0.15) is 17.3 Å². The average molecular weight is 515 g/mol. The first-order valence-electron chi connectivity index (χ1n) is 11.3. The molecule has 1 aromatic heterocycles. The van der Waals surface area contributed by atoms with Crippen LogP contribution in [0.2, 0.25) is 0 Å². The maximum absolute atomic E-state index is 15.1. The maximum Gasteiger partial charge on any atom is 0.268 e. The fourth-order valence-corrected chi connectivity index (χ4v) is 6.01. The number of nitrogens with one attached hydrogen (secondary N) is 2. The number of carbonyl (C=O) groups excluding carboxylic acids is 1. The van der Waals surface area contributed by atoms with Gasteiger partial charge in [-0.05, 0) is 41.8 Å². The van der Waals surface area contributed by atoms with E-state index in [0.717, 1.165) is 18.4 Å². The molecule has 1 aromatic carbocycles. The lowest BCUT2D eigenvalue weighted by Gasteiger charge is -2.34. The number of amides is 1. The van der Waals surface area contributed by atoms with Crippen molar-refractivity contribution in [3.63, 3.8) is 0 Å². The van der Waals surface area contributed by atoms with Crippen molar-refractivity contribution in [3.05, 3.63) is 86.5 Å². The summed E-state index contributed by atoms with van der Waals surface area (Å²) in [6.45, 7) is 0.413. The molecule has 1 aliphatic carbocycles. The van der Waals surface area contributed by atoms with Gasteiger partial charge in [-0.1, -0.05) is 0 Å². The summed E-state index contributed by atoms with van der Waals surface area (Å²) in [5.74, 6) is -2.49. The van der Waals surface area contributed by atoms with E-state index in [1.54, 1.807) is 25.4 Å². The Labute approximate surface area is 206 Å². The third-order valence-electron chi connectivity index (χ3n) is 6.63. The number of pyridine rings is 1. The van der Waals surface area contributed by atoms with Crippen molar-refractivity contribution in [2.24, 2.45) is 7.05 Å². The summed E-state index contributed by atoms with van der Waals surface area (Å²) in [6, 6.07) is 4.28. The second kappa shape index (κ2) is 8.44. The minimum Gasteiger partial charge on any atom is -0.384 e. The van der Waals surface area contributed by atoms with Gasteiger partial charge in [0.15, 0.2) is 9.84 Å². The Bertz CT molecular complexity index is 1590. The summed E-state index contributed by atoms with van der Waals surface area (Å²) in [4.78, 5) is 28.2. The fraction of sp³-hybridized carbons (Fsp3) is 0.280. The normalized spacial score (nSPS) is 18.9. The van der Waals surface area contributed by atoms with E-state index in [4.69, 9.17) is 0 Å². The predicted molar refractivity (Wildman–Crippen MR) is 133 cm³/mol. The molecular formula is C25H24F2N4O4S. The van der Waals surface area contributed by atoms with Gasteiger partial charge in [-0.15, -0.1) is 0 Å². The van der Waals surface area contributed by atoms with Crippen molar-refractivity contribution >= 4 is 32.7 Å². The number of allylic oxidation sites excluding steroid dienone is 1. The van der Waals surface area contributed by atoms with Crippen molar-refractivity contribution in [2.75, 3.05) is 30.5 Å². The Hall–Kier alpha value is -3.73. The first kappa shape index (κ1) is 24.0. The molecule has 3 aliphatic rings. The van der Waals surface area contributed by atoms with E-state index in [-0.39, 0.29) is 22.7 Å². The van der Waals surface area contributed by atoms with Crippen LogP contribution in [0.1, 0.15) is 17.5 Å². The van der Waals surface area contributed by atoms with E-state index in [0.29, 0.717) is 46.5 Å². The minimum atomic E-state index is -3.53. The average Bonchev–Trinajstić information content (AvgIpc) is 3.05. The van der Waals surface area contributed by atoms with Crippen molar-refractivity contribution in [1.29, 1.82) is 0 Å². The van der Waals surface area contributed by atoms with Crippen molar-refractivity contribution in [1.82, 2.24) is 15.2 Å². The van der Waals surface area contributed by atoms with Gasteiger partial charge < -0.3 is 20.1 Å². The molecule has 0 radical (unpaired) electrons. The third-order valence-corrected chi connectivity index (χ3v) is 7.47. The van der Waals surface area contributed by atoms with Crippen LogP contribution in [0.5, 0.6) is 0 Å². The molecule has 11 heteroatoms. The molecule has 2 N–H and O–H groups in total. The number of benzene rings is 1. The molecule has 188 valence electrons. The Balaban J connectivity index is 1.91. The lowest BCUT2D eigenvalue weighted by molar-refractivity contribution is -0.117. The van der Waals surface area contributed by atoms with Crippen molar-refractivity contribution in [3.8, 4) is 0 Å². The molecule has 0 bridgehead atoms. The van der Waals surface area contributed by atoms with E-state index in [1.165, 1.54) is 22.6 Å². The van der Waals surface area contributed by atoms with Crippen molar-refractivity contribution < 1.29 is 22.0 Å². The molecule has 0 saturated carbocycles. The third kappa shape index (κ3) is 3.74. The number of fused-ring (bicyclic) bond motifs is 2. The largest absolute Gasteiger partial charge is 0.384 e. The molecule has 2 aliphatic heterocycles. The zero-order chi connectivity index (χ0) is 25.9. The zero-order valence-electron chi connectivity index (χ0n) is 19.9. The van der Waals surface area contributed by atoms with Gasteiger partial charge >= 0.3 is 0 Å². The van der Waals surface area contributed by atoms with Crippen LogP contribution in [-0.4, -0.2) is 50.5 Å². The number of rotatable bonds is 4. The van der Waals surface area contributed by atoms with Crippen LogP contribution in [0.15, 0.2) is 58.2 Å². The van der Waals surface area contributed by atoms with Crippen LogP contribution < -0.4 is 21.1 Å². The number of aryl methyl sites for hydroxylation is 1. The molecule has 8 nitrogen and oxygen atoms in total. The standard InChI is InChI=1S/C25H24F2N4O4S/c1-28-24(32)23-16-10-13(12-36(3,34)35)15-7-9-30(2)25(33)21(15)22-20(16)19(6-8-29-22)31(23)18-5-4-14(26)11-17(18)27/h4-5,7,9-11,19,29H,6,8,12H2,1-3H3,(H,28,32). The molecular weight excluding hydrogens is 490 g/mol. The highest BCUT2D eigenvalue weighted by atomic mass is 32.2. The van der Waals surface area contributed by atoms with E-state index in [9.17, 15) is 22.4 Å². The summed E-state index contributed by atoms with van der Waals surface area (Å²) < 4.78 is 55.0. The number of nitrogens with zero attached hydrogens (tertiary/aromatic N) is 2. The quantitative estimate of drug-likeness (QED) is 0.645. The number of anilines is 1. The zero-order valence-corrected chi connectivity index (χ0v) is 20.7. The van der Waals surface area contributed by atoms with Gasteiger partial charge in [0.05, 0.1) is 28.7 Å². The first-order chi connectivity index (χ1) is 17.0. The summed E-state index contributed by atoms with van der Waals surface area (Å²) in [5, 5.41) is 5.86. The fourth-order valence-electron chi connectivity index (χ4n) is 5.20. The van der Waals surface area contributed by atoms with Gasteiger partial charge in [0.2, 0.25) is 0 Å². The number of carbonyl (C=O) groups is 1. The van der Waals surface area contributed by atoms with Crippen LogP contribution in [0, 0.1) is 11.6 Å². The molecule has 5 rings (SSSR count). The number of sulfone groups is 1. The molecule has 1 unspecified atom stereocenters. The Morgan fingerprint density at radius 1 is 1.25 bits per heavy atom. The monoisotopic (exact) mass is 514 g/mol. The van der Waals surface area contributed by atoms with Gasteiger partial charge in [-0.3, -0.25) is 9.59 Å². The number of hydrogen-bond acceptors (Lipinski definition) is 6. The topological polar surface area (TPSA) is 101 Å². The molecule has 3 heterocycles. The van der Waals surface area contributed by atoms with Gasteiger partial charge in [-0.25, -0.2) is 17.2 Å². The van der Waals surface area contributed by atoms with E-state index >= 15 is 4.39 Å². The Morgan fingerprint density at radius 3 is 2.67 bits per heavy atom. The number of hydrogen-bond donors (Lipinski definition) is 2. The lowest BCUT2D eigenvalue weighted by atomic mass is 9.91. The molecule has 1 atom stereocenters. The molecule has 0 spiro atoms. The SMILES string of the molecule is CNC(=O)C1=C2C=C(CS(C)(=O)=O)c3ccn(C)c(=O)c3C3=C2C(CCN3)N1c1ccc(F)cc1F. The van der Waals surface area contributed by atoms with Crippen LogP contribution in [0.3, 0.4) is 0 Å². The molecule has 0 fully saturated rings. The van der Waals surface area contributed by atoms with E-state index < -0.39 is 33.4 Å². The van der Waals surface area contributed by atoms with Crippen LogP contribution >= 0.6 is 0 Å². The highest BCUT2D eigenvalue weighted by Gasteiger charge is 2.45. The molecule has 0 saturated heterocycles. The summed E-state index contributed by atoms with van der Waals surface area (Å²) >= 11 is 0. The Morgan fingerprint density at radius 2 is 2.00 bits per heavy atom. The van der Waals surface area contributed by atoms with Crippen LogP contribution in [0.25, 0.3) is 11.3 Å². The lowest BCUT2D eigenvalue weighted by Crippen LogP contribution is -2.42. The van der Waals surface area contributed by atoms with Gasteiger partial charge in [0, 0.05) is 50.3 Å². The summed E-state index contributed by atoms with van der Waals surface area (Å²) in [7, 11) is -0.496. The van der Waals surface area contributed by atoms with Crippen LogP contribution in [-0.2, 0) is 21.7 Å². The number of aromatic nitrogens is 1. The first-order valence-corrected chi connectivity index (χ1v) is 13.4. The van der Waals surface area contributed by atoms with Crippen molar-refractivity contribution in [2.45, 2.75) is 12.5 Å². The smallest absolute Gasteiger partial charge is 0.268 e. The predicted octanol–water partition coefficient (Wildman–Crippen LogP) is 1.70. The second-order valence-corrected chi connectivity index (χ2v) is 11.2. The highest BCUT2D eigenvalue weighted by molar-refractivity contribution is 7.91. The second-order valence-electron chi connectivity index (χ2n) is 9.09. The maximum atomic E-state index is 15.1. The summed E-state index contributed by atoms with van der Waals surface area (Å²) in [5.41, 5.74) is 2.32. The molecule has 36 heavy (non-hydrogen) atoms. The summed E-state index contributed by atoms with van der Waals surface area (Å²) in [6.07, 6.45) is 4.72. The highest BCUT2D eigenvalue weighted by Crippen LogP contribution is 2.47. The van der Waals surface area contributed by atoms with Gasteiger partial charge in [0.25, 0.3) is 11.5 Å². The number of halogens is 2. The minimum absolute atomic E-state index is 0.00794.